The second-order valence-corrected chi connectivity index (χ2v) is 11.3. The van der Waals surface area contributed by atoms with Crippen molar-refractivity contribution in [2.75, 3.05) is 27.1 Å². The van der Waals surface area contributed by atoms with Crippen molar-refractivity contribution in [1.29, 1.82) is 0 Å². The van der Waals surface area contributed by atoms with Gasteiger partial charge in [-0.3, -0.25) is 4.79 Å². The number of halogens is 1. The lowest BCUT2D eigenvalue weighted by Crippen LogP contribution is -2.46. The zero-order valence-electron chi connectivity index (χ0n) is 27.6. The second-order valence-electron chi connectivity index (χ2n) is 11.3. The zero-order valence-corrected chi connectivity index (χ0v) is 27.6. The topological polar surface area (TPSA) is 132 Å². The highest BCUT2D eigenvalue weighted by atomic mass is 19.1. The number of carbonyl (C=O) groups is 3. The van der Waals surface area contributed by atoms with E-state index in [0.717, 1.165) is 11.1 Å². The number of ether oxygens (including phenoxy) is 6. The number of hydrogen-bond acceptors (Lipinski definition) is 10. The van der Waals surface area contributed by atoms with E-state index in [1.165, 1.54) is 38.4 Å². The average Bonchev–Trinajstić information content (AvgIpc) is 3.06. The Morgan fingerprint density at radius 1 is 0.979 bits per heavy atom. The van der Waals surface area contributed by atoms with Crippen molar-refractivity contribution in [3.8, 4) is 11.5 Å². The lowest BCUT2D eigenvalue weighted by molar-refractivity contribution is -0.162. The van der Waals surface area contributed by atoms with Gasteiger partial charge >= 0.3 is 11.9 Å². The third kappa shape index (κ3) is 11.3. The van der Waals surface area contributed by atoms with E-state index >= 15 is 0 Å². The Morgan fingerprint density at radius 3 is 2.34 bits per heavy atom. The highest BCUT2D eigenvalue weighted by Crippen LogP contribution is 2.32. The van der Waals surface area contributed by atoms with Gasteiger partial charge in [0.05, 0.1) is 19.3 Å². The zero-order chi connectivity index (χ0) is 34.4. The van der Waals surface area contributed by atoms with Crippen LogP contribution in [-0.4, -0.2) is 67.7 Å². The van der Waals surface area contributed by atoms with Gasteiger partial charge in [-0.2, -0.15) is 0 Å². The first-order chi connectivity index (χ1) is 22.4. The highest BCUT2D eigenvalue weighted by molar-refractivity contribution is 5.98. The van der Waals surface area contributed by atoms with Gasteiger partial charge in [-0.25, -0.2) is 19.0 Å². The summed E-state index contributed by atoms with van der Waals surface area (Å²) in [6.45, 7) is 8.72. The van der Waals surface area contributed by atoms with E-state index < -0.39 is 42.4 Å². The number of carbonyl (C=O) groups excluding carboxylic acids is 3. The third-order valence-electron chi connectivity index (χ3n) is 7.44. The molecule has 0 saturated carbocycles. The molecule has 3 rings (SSSR count). The first kappa shape index (κ1) is 36.9. The van der Waals surface area contributed by atoms with E-state index in [0.29, 0.717) is 19.6 Å². The highest BCUT2D eigenvalue weighted by Gasteiger charge is 2.37. The molecule has 254 valence electrons. The summed E-state index contributed by atoms with van der Waals surface area (Å²) >= 11 is 0. The molecule has 0 aliphatic rings. The number of nitrogens with zero attached hydrogens (tertiary/aromatic N) is 1. The summed E-state index contributed by atoms with van der Waals surface area (Å²) < 4.78 is 46.7. The molecule has 1 aromatic heterocycles. The third-order valence-corrected chi connectivity index (χ3v) is 7.44. The van der Waals surface area contributed by atoms with Gasteiger partial charge in [-0.15, -0.1) is 0 Å². The number of nitrogens with one attached hydrogen (secondary N) is 1. The molecule has 1 amide bonds. The standard InChI is InChI=1S/C35H43FN2O9/c1-7-43-21-30(39)44-22-45-32-29(42-6)17-18-37-31(32)33(40)38-23(2)34(41)47-24(3)28(19-25-13-15-27(36)16-14-25)35(4,5)46-20-26-11-9-8-10-12-26/h8-18,23-24,28H,7,19-22H2,1-6H3,(H,38,40)/t23-,24-,28-/m0/s1. The smallest absolute Gasteiger partial charge is 0.334 e. The maximum Gasteiger partial charge on any atom is 0.334 e. The van der Waals surface area contributed by atoms with Crippen LogP contribution in [0.25, 0.3) is 0 Å². The molecule has 0 spiro atoms. The van der Waals surface area contributed by atoms with Crippen molar-refractivity contribution in [3.63, 3.8) is 0 Å². The predicted octanol–water partition coefficient (Wildman–Crippen LogP) is 5.05. The Bertz CT molecular complexity index is 1450. The Labute approximate surface area is 274 Å². The number of esters is 2. The number of aromatic nitrogens is 1. The minimum Gasteiger partial charge on any atom is -0.493 e. The molecular formula is C35H43FN2O9. The van der Waals surface area contributed by atoms with Gasteiger partial charge in [0.1, 0.15) is 24.6 Å². The Morgan fingerprint density at radius 2 is 1.68 bits per heavy atom. The van der Waals surface area contributed by atoms with Gasteiger partial charge in [0.2, 0.25) is 6.79 Å². The van der Waals surface area contributed by atoms with Crippen LogP contribution in [0.5, 0.6) is 11.5 Å². The van der Waals surface area contributed by atoms with E-state index in [2.05, 4.69) is 10.3 Å². The van der Waals surface area contributed by atoms with Crippen LogP contribution in [0.15, 0.2) is 66.9 Å². The Balaban J connectivity index is 1.71. The maximum absolute atomic E-state index is 13.6. The molecule has 1 heterocycles. The molecule has 0 aliphatic carbocycles. The van der Waals surface area contributed by atoms with Crippen LogP contribution in [0.2, 0.25) is 0 Å². The molecule has 3 aromatic rings. The Kier molecular flexibility index (Phi) is 14.1. The summed E-state index contributed by atoms with van der Waals surface area (Å²) in [4.78, 5) is 42.4. The molecule has 2 aromatic carbocycles. The molecule has 0 saturated heterocycles. The van der Waals surface area contributed by atoms with Crippen LogP contribution in [0.3, 0.4) is 0 Å². The molecule has 12 heteroatoms. The van der Waals surface area contributed by atoms with Crippen molar-refractivity contribution in [3.05, 3.63) is 89.5 Å². The van der Waals surface area contributed by atoms with Crippen molar-refractivity contribution in [1.82, 2.24) is 10.3 Å². The molecule has 1 N–H and O–H groups in total. The molecule has 0 radical (unpaired) electrons. The maximum atomic E-state index is 13.6. The van der Waals surface area contributed by atoms with Gasteiger partial charge < -0.3 is 33.7 Å². The van der Waals surface area contributed by atoms with Gasteiger partial charge in [-0.1, -0.05) is 42.5 Å². The number of amides is 1. The lowest BCUT2D eigenvalue weighted by atomic mass is 9.81. The van der Waals surface area contributed by atoms with Gasteiger partial charge in [0.25, 0.3) is 5.91 Å². The van der Waals surface area contributed by atoms with E-state index in [4.69, 9.17) is 28.4 Å². The minimum absolute atomic E-state index is 0.0812. The summed E-state index contributed by atoms with van der Waals surface area (Å²) in [5.41, 5.74) is 0.860. The fourth-order valence-electron chi connectivity index (χ4n) is 4.77. The number of benzene rings is 2. The first-order valence-corrected chi connectivity index (χ1v) is 15.3. The average molecular weight is 655 g/mol. The quantitative estimate of drug-likeness (QED) is 0.147. The molecule has 0 unspecified atom stereocenters. The lowest BCUT2D eigenvalue weighted by Gasteiger charge is -2.38. The van der Waals surface area contributed by atoms with Gasteiger partial charge in [-0.05, 0) is 64.3 Å². The van der Waals surface area contributed by atoms with Gasteiger partial charge in [0.15, 0.2) is 17.2 Å². The summed E-state index contributed by atoms with van der Waals surface area (Å²) in [6.07, 6.45) is 1.10. The summed E-state index contributed by atoms with van der Waals surface area (Å²) in [7, 11) is 1.37. The molecular weight excluding hydrogens is 611 g/mol. The van der Waals surface area contributed by atoms with Crippen LogP contribution in [0.1, 0.15) is 56.2 Å². The molecule has 3 atom stereocenters. The molecule has 11 nitrogen and oxygen atoms in total. The van der Waals surface area contributed by atoms with Crippen LogP contribution >= 0.6 is 0 Å². The largest absolute Gasteiger partial charge is 0.493 e. The normalized spacial score (nSPS) is 13.2. The molecule has 0 aliphatic heterocycles. The first-order valence-electron chi connectivity index (χ1n) is 15.3. The summed E-state index contributed by atoms with van der Waals surface area (Å²) in [5.74, 6) is -2.71. The second kappa shape index (κ2) is 18.0. The monoisotopic (exact) mass is 654 g/mol. The van der Waals surface area contributed by atoms with Crippen LogP contribution in [0, 0.1) is 11.7 Å². The minimum atomic E-state index is -1.09. The SMILES string of the molecule is CCOCC(=O)OCOc1c(OC)ccnc1C(=O)N[C@@H](C)C(=O)O[C@@H](C)[C@H](Cc1ccc(F)cc1)C(C)(C)OCc1ccccc1. The number of pyridine rings is 1. The fraction of sp³-hybridized carbons (Fsp3) is 0.429. The molecule has 0 fully saturated rings. The van der Waals surface area contributed by atoms with Crippen molar-refractivity contribution in [2.24, 2.45) is 5.92 Å². The molecule has 47 heavy (non-hydrogen) atoms. The summed E-state index contributed by atoms with van der Waals surface area (Å²) in [5, 5.41) is 2.59. The van der Waals surface area contributed by atoms with Crippen LogP contribution < -0.4 is 14.8 Å². The van der Waals surface area contributed by atoms with E-state index in [9.17, 15) is 18.8 Å². The van der Waals surface area contributed by atoms with Gasteiger partial charge in [0, 0.05) is 24.8 Å². The van der Waals surface area contributed by atoms with Crippen LogP contribution in [0.4, 0.5) is 4.39 Å². The summed E-state index contributed by atoms with van der Waals surface area (Å²) in [6, 6.07) is 16.2. The fourth-order valence-corrected chi connectivity index (χ4v) is 4.77. The predicted molar refractivity (Wildman–Crippen MR) is 170 cm³/mol. The van der Waals surface area contributed by atoms with E-state index in [1.807, 2.05) is 44.2 Å². The Hall–Kier alpha value is -4.55. The molecule has 0 bridgehead atoms. The van der Waals surface area contributed by atoms with E-state index in [-0.39, 0.29) is 35.5 Å². The number of rotatable bonds is 18. The van der Waals surface area contributed by atoms with Crippen molar-refractivity contribution < 1.29 is 47.2 Å². The number of hydrogen-bond donors (Lipinski definition) is 1. The van der Waals surface area contributed by atoms with E-state index in [1.54, 1.807) is 26.0 Å². The van der Waals surface area contributed by atoms with Crippen molar-refractivity contribution in [2.45, 2.75) is 65.4 Å². The van der Waals surface area contributed by atoms with Crippen LogP contribution in [-0.2, 0) is 41.6 Å². The number of methoxy groups -OCH3 is 1. The van der Waals surface area contributed by atoms with Crippen molar-refractivity contribution >= 4 is 17.8 Å².